The second-order valence-electron chi connectivity index (χ2n) is 4.25. The van der Waals surface area contributed by atoms with Crippen LogP contribution < -0.4 is 10.1 Å². The molecule has 2 aromatic carbocycles. The molecule has 0 spiro atoms. The van der Waals surface area contributed by atoms with Crippen LogP contribution in [-0.2, 0) is 0 Å². The van der Waals surface area contributed by atoms with Gasteiger partial charge in [-0.25, -0.2) is 8.78 Å². The fourth-order valence-electron chi connectivity index (χ4n) is 2.09. The molecule has 0 saturated carbocycles. The van der Waals surface area contributed by atoms with E-state index in [-0.39, 0.29) is 5.56 Å². The van der Waals surface area contributed by atoms with Crippen LogP contribution in [0.1, 0.15) is 17.2 Å². The van der Waals surface area contributed by atoms with Crippen LogP contribution in [0.3, 0.4) is 0 Å². The topological polar surface area (TPSA) is 21.3 Å². The third-order valence-electron chi connectivity index (χ3n) is 3.10. The van der Waals surface area contributed by atoms with Gasteiger partial charge in [-0.2, -0.15) is 0 Å². The Morgan fingerprint density at radius 3 is 2.55 bits per heavy atom. The molecule has 5 heteroatoms. The molecule has 2 nitrogen and oxygen atoms in total. The van der Waals surface area contributed by atoms with Gasteiger partial charge in [-0.05, 0) is 36.9 Å². The normalized spacial score (nSPS) is 12.2. The summed E-state index contributed by atoms with van der Waals surface area (Å²) in [5, 5.41) is 3.00. The lowest BCUT2D eigenvalue weighted by Crippen LogP contribution is -2.20. The van der Waals surface area contributed by atoms with Gasteiger partial charge in [0, 0.05) is 10.0 Å². The molecule has 0 aliphatic rings. The van der Waals surface area contributed by atoms with Crippen molar-refractivity contribution in [1.29, 1.82) is 0 Å². The van der Waals surface area contributed by atoms with Gasteiger partial charge in [0.2, 0.25) is 0 Å². The van der Waals surface area contributed by atoms with Crippen LogP contribution in [0, 0.1) is 11.6 Å². The third kappa shape index (κ3) is 2.83. The van der Waals surface area contributed by atoms with Crippen LogP contribution in [0.4, 0.5) is 8.78 Å². The van der Waals surface area contributed by atoms with Crippen LogP contribution in [0.2, 0.25) is 0 Å². The van der Waals surface area contributed by atoms with Crippen molar-refractivity contribution >= 4 is 15.9 Å². The summed E-state index contributed by atoms with van der Waals surface area (Å²) >= 11 is 3.43. The lowest BCUT2D eigenvalue weighted by atomic mass is 9.98. The van der Waals surface area contributed by atoms with Gasteiger partial charge >= 0.3 is 0 Å². The van der Waals surface area contributed by atoms with Crippen molar-refractivity contribution in [2.45, 2.75) is 6.04 Å². The third-order valence-corrected chi connectivity index (χ3v) is 3.82. The van der Waals surface area contributed by atoms with Gasteiger partial charge in [0.15, 0.2) is 11.6 Å². The molecule has 0 fully saturated rings. The average Bonchev–Trinajstić information content (AvgIpc) is 2.46. The van der Waals surface area contributed by atoms with Gasteiger partial charge in [-0.3, -0.25) is 0 Å². The van der Waals surface area contributed by atoms with E-state index in [0.29, 0.717) is 5.75 Å². The summed E-state index contributed by atoms with van der Waals surface area (Å²) in [4.78, 5) is 0. The maximum absolute atomic E-state index is 14.0. The van der Waals surface area contributed by atoms with Gasteiger partial charge in [-0.15, -0.1) is 0 Å². The lowest BCUT2D eigenvalue weighted by Gasteiger charge is -2.20. The number of ether oxygens (including phenoxy) is 1. The van der Waals surface area contributed by atoms with Gasteiger partial charge in [0.25, 0.3) is 0 Å². The van der Waals surface area contributed by atoms with Crippen LogP contribution in [0.25, 0.3) is 0 Å². The van der Waals surface area contributed by atoms with E-state index >= 15 is 0 Å². The smallest absolute Gasteiger partial charge is 0.163 e. The zero-order valence-electron chi connectivity index (χ0n) is 11.1. The highest BCUT2D eigenvalue weighted by atomic mass is 79.9. The Kier molecular flexibility index (Phi) is 4.73. The van der Waals surface area contributed by atoms with E-state index in [0.717, 1.165) is 16.1 Å². The summed E-state index contributed by atoms with van der Waals surface area (Å²) in [5.74, 6) is -1.05. The molecule has 0 saturated heterocycles. The first kappa shape index (κ1) is 14.9. The molecule has 0 heterocycles. The summed E-state index contributed by atoms with van der Waals surface area (Å²) in [5.41, 5.74) is 1.03. The van der Waals surface area contributed by atoms with E-state index < -0.39 is 17.7 Å². The van der Waals surface area contributed by atoms with Crippen LogP contribution in [0.15, 0.2) is 40.9 Å². The first-order valence-corrected chi connectivity index (χ1v) is 6.82. The zero-order valence-corrected chi connectivity index (χ0v) is 12.7. The number of benzene rings is 2. The molecule has 106 valence electrons. The van der Waals surface area contributed by atoms with E-state index in [1.165, 1.54) is 6.07 Å². The second kappa shape index (κ2) is 6.33. The Morgan fingerprint density at radius 1 is 1.15 bits per heavy atom. The first-order valence-electron chi connectivity index (χ1n) is 6.03. The Balaban J connectivity index is 2.55. The molecule has 1 unspecified atom stereocenters. The van der Waals surface area contributed by atoms with E-state index in [1.807, 2.05) is 6.07 Å². The first-order chi connectivity index (χ1) is 9.58. The van der Waals surface area contributed by atoms with Gasteiger partial charge in [0.05, 0.1) is 13.2 Å². The van der Waals surface area contributed by atoms with Gasteiger partial charge in [-0.1, -0.05) is 28.1 Å². The van der Waals surface area contributed by atoms with Crippen molar-refractivity contribution < 1.29 is 13.5 Å². The molecule has 20 heavy (non-hydrogen) atoms. The van der Waals surface area contributed by atoms with E-state index in [1.54, 1.807) is 32.4 Å². The Morgan fingerprint density at radius 2 is 1.90 bits per heavy atom. The fraction of sp³-hybridized carbons (Fsp3) is 0.200. The standard InChI is InChI=1S/C15H14BrF2NO/c1-19-15(10-4-3-5-13(17)14(10)18)11-8-9(20-2)6-7-12(11)16/h3-8,15,19H,1-2H3. The van der Waals surface area contributed by atoms with Crippen molar-refractivity contribution in [3.05, 3.63) is 63.6 Å². The van der Waals surface area contributed by atoms with E-state index in [9.17, 15) is 8.78 Å². The van der Waals surface area contributed by atoms with E-state index in [2.05, 4.69) is 21.2 Å². The number of hydrogen-bond donors (Lipinski definition) is 1. The number of halogens is 3. The molecular formula is C15H14BrF2NO. The molecule has 0 bridgehead atoms. The van der Waals surface area contributed by atoms with Crippen LogP contribution >= 0.6 is 15.9 Å². The second-order valence-corrected chi connectivity index (χ2v) is 5.11. The molecule has 0 aromatic heterocycles. The van der Waals surface area contributed by atoms with Crippen molar-refractivity contribution in [2.75, 3.05) is 14.2 Å². The molecular weight excluding hydrogens is 328 g/mol. The predicted molar refractivity (Wildman–Crippen MR) is 78.0 cm³/mol. The van der Waals surface area contributed by atoms with Crippen molar-refractivity contribution in [3.8, 4) is 5.75 Å². The van der Waals surface area contributed by atoms with Crippen molar-refractivity contribution in [3.63, 3.8) is 0 Å². The molecule has 0 aliphatic heterocycles. The van der Waals surface area contributed by atoms with Gasteiger partial charge < -0.3 is 10.1 Å². The van der Waals surface area contributed by atoms with E-state index in [4.69, 9.17) is 4.74 Å². The highest BCUT2D eigenvalue weighted by molar-refractivity contribution is 9.10. The summed E-state index contributed by atoms with van der Waals surface area (Å²) in [7, 11) is 3.26. The molecule has 0 amide bonds. The minimum atomic E-state index is -0.859. The number of rotatable bonds is 4. The number of methoxy groups -OCH3 is 1. The molecule has 1 N–H and O–H groups in total. The molecule has 1 atom stereocenters. The lowest BCUT2D eigenvalue weighted by molar-refractivity contribution is 0.413. The maximum atomic E-state index is 14.0. The number of hydrogen-bond acceptors (Lipinski definition) is 2. The largest absolute Gasteiger partial charge is 0.497 e. The minimum Gasteiger partial charge on any atom is -0.497 e. The van der Waals surface area contributed by atoms with Gasteiger partial charge in [0.1, 0.15) is 5.75 Å². The SMILES string of the molecule is CNC(c1cc(OC)ccc1Br)c1cccc(F)c1F. The highest BCUT2D eigenvalue weighted by Gasteiger charge is 2.21. The maximum Gasteiger partial charge on any atom is 0.163 e. The predicted octanol–water partition coefficient (Wildman–Crippen LogP) is 4.04. The average molecular weight is 342 g/mol. The Hall–Kier alpha value is -1.46. The Labute approximate surface area is 124 Å². The summed E-state index contributed by atoms with van der Waals surface area (Å²) in [6, 6.07) is 9.08. The highest BCUT2D eigenvalue weighted by Crippen LogP contribution is 2.33. The molecule has 0 radical (unpaired) electrons. The monoisotopic (exact) mass is 341 g/mol. The molecule has 0 aliphatic carbocycles. The number of nitrogens with one attached hydrogen (secondary N) is 1. The Bertz CT molecular complexity index is 619. The fourth-order valence-corrected chi connectivity index (χ4v) is 2.57. The van der Waals surface area contributed by atoms with Crippen LogP contribution in [-0.4, -0.2) is 14.2 Å². The van der Waals surface area contributed by atoms with Crippen molar-refractivity contribution in [1.82, 2.24) is 5.32 Å². The summed E-state index contributed by atoms with van der Waals surface area (Å²) in [6.07, 6.45) is 0. The summed E-state index contributed by atoms with van der Waals surface area (Å²) in [6.45, 7) is 0. The zero-order chi connectivity index (χ0) is 14.7. The van der Waals surface area contributed by atoms with Crippen molar-refractivity contribution in [2.24, 2.45) is 0 Å². The molecule has 2 aromatic rings. The quantitative estimate of drug-likeness (QED) is 0.905. The summed E-state index contributed by atoms with van der Waals surface area (Å²) < 4.78 is 33.3. The minimum absolute atomic E-state index is 0.251. The molecule has 2 rings (SSSR count). The van der Waals surface area contributed by atoms with Crippen LogP contribution in [0.5, 0.6) is 5.75 Å².